The molecule has 0 radical (unpaired) electrons. The van der Waals surface area contributed by atoms with Gasteiger partial charge in [-0.25, -0.2) is 0 Å². The summed E-state index contributed by atoms with van der Waals surface area (Å²) < 4.78 is 2.07. The van der Waals surface area contributed by atoms with Gasteiger partial charge in [-0.05, 0) is 19.3 Å². The quantitative estimate of drug-likeness (QED) is 0.850. The molecular formula is C13H21N3O. The van der Waals surface area contributed by atoms with E-state index in [1.54, 1.807) is 0 Å². The van der Waals surface area contributed by atoms with Gasteiger partial charge in [-0.2, -0.15) is 5.10 Å². The van der Waals surface area contributed by atoms with E-state index in [9.17, 15) is 4.79 Å². The van der Waals surface area contributed by atoms with Crippen molar-refractivity contribution in [2.45, 2.75) is 53.1 Å². The van der Waals surface area contributed by atoms with E-state index in [-0.39, 0.29) is 11.3 Å². The number of hydrogen-bond donors (Lipinski definition) is 1. The Hall–Kier alpha value is -1.32. The van der Waals surface area contributed by atoms with Gasteiger partial charge in [-0.3, -0.25) is 9.48 Å². The molecule has 0 unspecified atom stereocenters. The normalized spacial score (nSPS) is 15.5. The average molecular weight is 235 g/mol. The van der Waals surface area contributed by atoms with Gasteiger partial charge < -0.3 is 5.32 Å². The molecule has 0 fully saturated rings. The van der Waals surface area contributed by atoms with Crippen LogP contribution in [0.1, 0.15) is 44.9 Å². The van der Waals surface area contributed by atoms with Crippen LogP contribution in [0.4, 0.5) is 0 Å². The molecule has 0 bridgehead atoms. The van der Waals surface area contributed by atoms with E-state index in [1.807, 2.05) is 27.0 Å². The second-order valence-corrected chi connectivity index (χ2v) is 5.73. The average Bonchev–Trinajstić information content (AvgIpc) is 2.68. The lowest BCUT2D eigenvalue weighted by Gasteiger charge is -2.18. The molecule has 0 aromatic carbocycles. The van der Waals surface area contributed by atoms with Crippen LogP contribution in [0.3, 0.4) is 0 Å². The maximum Gasteiger partial charge on any atom is 0.225 e. The summed E-state index contributed by atoms with van der Waals surface area (Å²) in [5, 5.41) is 7.35. The molecule has 0 spiro atoms. The van der Waals surface area contributed by atoms with Crippen LogP contribution in [-0.2, 0) is 24.3 Å². The fourth-order valence-electron chi connectivity index (χ4n) is 2.07. The van der Waals surface area contributed by atoms with Gasteiger partial charge >= 0.3 is 0 Å². The Morgan fingerprint density at radius 3 is 2.94 bits per heavy atom. The van der Waals surface area contributed by atoms with Gasteiger partial charge in [0.2, 0.25) is 5.91 Å². The van der Waals surface area contributed by atoms with E-state index in [0.717, 1.165) is 13.0 Å². The monoisotopic (exact) mass is 235 g/mol. The second-order valence-electron chi connectivity index (χ2n) is 5.73. The summed E-state index contributed by atoms with van der Waals surface area (Å²) >= 11 is 0. The Kier molecular flexibility index (Phi) is 3.22. The molecule has 94 valence electrons. The van der Waals surface area contributed by atoms with E-state index in [4.69, 9.17) is 0 Å². The van der Waals surface area contributed by atoms with E-state index >= 15 is 0 Å². The Morgan fingerprint density at radius 2 is 2.24 bits per heavy atom. The largest absolute Gasteiger partial charge is 0.351 e. The molecule has 1 N–H and O–H groups in total. The van der Waals surface area contributed by atoms with E-state index < -0.39 is 0 Å². The number of rotatable bonds is 2. The first kappa shape index (κ1) is 12.1. The van der Waals surface area contributed by atoms with Crippen molar-refractivity contribution in [2.75, 3.05) is 0 Å². The SMILES string of the molecule is CC(C)(C)C(=O)NCc1cnn2c1CCCC2. The third kappa shape index (κ3) is 2.68. The number of hydrogen-bond acceptors (Lipinski definition) is 2. The summed E-state index contributed by atoms with van der Waals surface area (Å²) in [6.07, 6.45) is 5.42. The predicted octanol–water partition coefficient (Wildman–Crippen LogP) is 1.88. The van der Waals surface area contributed by atoms with Gasteiger partial charge in [0.15, 0.2) is 0 Å². The Labute approximate surface area is 102 Å². The predicted molar refractivity (Wildman–Crippen MR) is 66.5 cm³/mol. The summed E-state index contributed by atoms with van der Waals surface area (Å²) in [6.45, 7) is 7.40. The smallest absolute Gasteiger partial charge is 0.225 e. The molecule has 2 heterocycles. The molecule has 0 atom stereocenters. The molecule has 4 nitrogen and oxygen atoms in total. The summed E-state index contributed by atoms with van der Waals surface area (Å²) in [5.41, 5.74) is 2.14. The van der Waals surface area contributed by atoms with Crippen LogP contribution >= 0.6 is 0 Å². The van der Waals surface area contributed by atoms with Crippen LogP contribution in [0.5, 0.6) is 0 Å². The number of amides is 1. The third-order valence-electron chi connectivity index (χ3n) is 3.19. The first-order valence-electron chi connectivity index (χ1n) is 6.30. The zero-order chi connectivity index (χ0) is 12.5. The zero-order valence-electron chi connectivity index (χ0n) is 10.9. The molecule has 1 amide bonds. The van der Waals surface area contributed by atoms with Gasteiger partial charge in [0.25, 0.3) is 0 Å². The summed E-state index contributed by atoms with van der Waals surface area (Å²) in [4.78, 5) is 11.8. The first-order valence-corrected chi connectivity index (χ1v) is 6.30. The number of carbonyl (C=O) groups is 1. The molecule has 1 aliphatic rings. The van der Waals surface area contributed by atoms with Crippen molar-refractivity contribution in [3.63, 3.8) is 0 Å². The molecule has 1 aromatic rings. The third-order valence-corrected chi connectivity index (χ3v) is 3.19. The molecule has 1 aliphatic heterocycles. The minimum absolute atomic E-state index is 0.0910. The van der Waals surface area contributed by atoms with Crippen molar-refractivity contribution >= 4 is 5.91 Å². The minimum Gasteiger partial charge on any atom is -0.351 e. The van der Waals surface area contributed by atoms with Crippen LogP contribution in [0.25, 0.3) is 0 Å². The fraction of sp³-hybridized carbons (Fsp3) is 0.692. The summed E-state index contributed by atoms with van der Waals surface area (Å²) in [6, 6.07) is 0. The molecule has 0 saturated heterocycles. The Morgan fingerprint density at radius 1 is 1.47 bits per heavy atom. The van der Waals surface area contributed by atoms with Crippen molar-refractivity contribution in [3.8, 4) is 0 Å². The highest BCUT2D eigenvalue weighted by molar-refractivity contribution is 5.81. The van der Waals surface area contributed by atoms with Crippen molar-refractivity contribution in [3.05, 3.63) is 17.5 Å². The maximum atomic E-state index is 11.8. The standard InChI is InChI=1S/C13H21N3O/c1-13(2,3)12(17)14-8-10-9-15-16-7-5-4-6-11(10)16/h9H,4-8H2,1-3H3,(H,14,17). The summed E-state index contributed by atoms with van der Waals surface area (Å²) in [7, 11) is 0. The van der Waals surface area contributed by atoms with Crippen LogP contribution in [0.2, 0.25) is 0 Å². The minimum atomic E-state index is -0.326. The van der Waals surface area contributed by atoms with Crippen molar-refractivity contribution in [2.24, 2.45) is 5.41 Å². The number of aryl methyl sites for hydroxylation is 1. The zero-order valence-corrected chi connectivity index (χ0v) is 10.9. The lowest BCUT2D eigenvalue weighted by Crippen LogP contribution is -2.34. The topological polar surface area (TPSA) is 46.9 Å². The summed E-state index contributed by atoms with van der Waals surface area (Å²) in [5.74, 6) is 0.0910. The molecular weight excluding hydrogens is 214 g/mol. The van der Waals surface area contributed by atoms with E-state index in [2.05, 4.69) is 15.1 Å². The number of nitrogens with one attached hydrogen (secondary N) is 1. The number of carbonyl (C=O) groups excluding carboxylic acids is 1. The molecule has 1 aromatic heterocycles. The highest BCUT2D eigenvalue weighted by atomic mass is 16.2. The maximum absolute atomic E-state index is 11.8. The van der Waals surface area contributed by atoms with Gasteiger partial charge in [-0.15, -0.1) is 0 Å². The number of aromatic nitrogens is 2. The van der Waals surface area contributed by atoms with Crippen LogP contribution in [-0.4, -0.2) is 15.7 Å². The molecule has 17 heavy (non-hydrogen) atoms. The number of fused-ring (bicyclic) bond motifs is 1. The van der Waals surface area contributed by atoms with Crippen LogP contribution in [0, 0.1) is 5.41 Å². The van der Waals surface area contributed by atoms with Crippen molar-refractivity contribution < 1.29 is 4.79 Å². The van der Waals surface area contributed by atoms with E-state index in [1.165, 1.54) is 24.1 Å². The van der Waals surface area contributed by atoms with Crippen LogP contribution < -0.4 is 5.32 Å². The van der Waals surface area contributed by atoms with Gasteiger partial charge in [-0.1, -0.05) is 20.8 Å². The van der Waals surface area contributed by atoms with Crippen LogP contribution in [0.15, 0.2) is 6.20 Å². The molecule has 0 saturated carbocycles. The fourth-order valence-corrected chi connectivity index (χ4v) is 2.07. The molecule has 2 rings (SSSR count). The molecule has 0 aliphatic carbocycles. The number of nitrogens with zero attached hydrogens (tertiary/aromatic N) is 2. The Bertz CT molecular complexity index is 415. The lowest BCUT2D eigenvalue weighted by atomic mass is 9.95. The first-order chi connectivity index (χ1) is 7.98. The molecule has 4 heteroatoms. The second kappa shape index (κ2) is 4.51. The Balaban J connectivity index is 2.00. The van der Waals surface area contributed by atoms with Crippen molar-refractivity contribution in [1.82, 2.24) is 15.1 Å². The van der Waals surface area contributed by atoms with E-state index in [0.29, 0.717) is 6.54 Å². The van der Waals surface area contributed by atoms with Gasteiger partial charge in [0.1, 0.15) is 0 Å². The van der Waals surface area contributed by atoms with Gasteiger partial charge in [0, 0.05) is 29.8 Å². The highest BCUT2D eigenvalue weighted by Crippen LogP contribution is 2.18. The van der Waals surface area contributed by atoms with Gasteiger partial charge in [0.05, 0.1) is 6.20 Å². The highest BCUT2D eigenvalue weighted by Gasteiger charge is 2.22. The lowest BCUT2D eigenvalue weighted by molar-refractivity contribution is -0.128. The van der Waals surface area contributed by atoms with Crippen molar-refractivity contribution in [1.29, 1.82) is 0 Å².